The molecule has 0 spiro atoms. The molecule has 3 aromatic rings. The molecule has 2 aromatic heterocycles. The highest BCUT2D eigenvalue weighted by molar-refractivity contribution is 7.10. The molecule has 1 aliphatic heterocycles. The van der Waals surface area contributed by atoms with E-state index in [1.807, 2.05) is 0 Å². The average molecular weight is 422 g/mol. The molecule has 10 heteroatoms. The van der Waals surface area contributed by atoms with Crippen molar-refractivity contribution in [1.82, 2.24) is 9.78 Å². The van der Waals surface area contributed by atoms with Gasteiger partial charge >= 0.3 is 6.18 Å². The van der Waals surface area contributed by atoms with Crippen LogP contribution in [0.1, 0.15) is 39.4 Å². The summed E-state index contributed by atoms with van der Waals surface area (Å²) in [5.74, 6) is -0.726. The summed E-state index contributed by atoms with van der Waals surface area (Å²) in [6.45, 7) is 1.78. The topological polar surface area (TPSA) is 79.2 Å². The van der Waals surface area contributed by atoms with Gasteiger partial charge in [-0.15, -0.1) is 11.3 Å². The van der Waals surface area contributed by atoms with Crippen LogP contribution in [0.25, 0.3) is 0 Å². The van der Waals surface area contributed by atoms with E-state index in [1.54, 1.807) is 36.6 Å². The first-order chi connectivity index (χ1) is 13.7. The lowest BCUT2D eigenvalue weighted by molar-refractivity contribution is -0.173. The number of hydrogen-bond donors (Lipinski definition) is 3. The Hall–Kier alpha value is -3.01. The Kier molecular flexibility index (Phi) is 4.73. The second-order valence-corrected chi connectivity index (χ2v) is 7.82. The summed E-state index contributed by atoms with van der Waals surface area (Å²) in [4.78, 5) is 13.3. The summed E-state index contributed by atoms with van der Waals surface area (Å²) >= 11 is 1.37. The molecule has 1 aromatic carbocycles. The normalized spacial score (nSPS) is 18.8. The molecule has 0 saturated carbocycles. The molecule has 0 aliphatic carbocycles. The number of thiophene rings is 1. The lowest BCUT2D eigenvalue weighted by atomic mass is 10.0. The van der Waals surface area contributed by atoms with Gasteiger partial charge < -0.3 is 15.7 Å². The molecule has 1 aliphatic rings. The predicted octanol–water partition coefficient (Wildman–Crippen LogP) is 4.87. The van der Waals surface area contributed by atoms with Crippen molar-refractivity contribution >= 4 is 28.7 Å². The minimum Gasteiger partial charge on any atom is -0.506 e. The van der Waals surface area contributed by atoms with Gasteiger partial charge in [0.1, 0.15) is 11.6 Å². The minimum absolute atomic E-state index is 0.121. The van der Waals surface area contributed by atoms with Crippen LogP contribution in [0.15, 0.2) is 41.8 Å². The third-order valence-electron chi connectivity index (χ3n) is 4.71. The van der Waals surface area contributed by atoms with E-state index >= 15 is 0 Å². The van der Waals surface area contributed by atoms with Crippen LogP contribution in [0.4, 0.5) is 24.7 Å². The lowest BCUT2D eigenvalue weighted by Crippen LogP contribution is -2.35. The van der Waals surface area contributed by atoms with Crippen molar-refractivity contribution < 1.29 is 23.1 Å². The van der Waals surface area contributed by atoms with Crippen molar-refractivity contribution in [3.8, 4) is 5.75 Å². The van der Waals surface area contributed by atoms with Crippen molar-refractivity contribution in [2.45, 2.75) is 31.6 Å². The van der Waals surface area contributed by atoms with E-state index in [4.69, 9.17) is 0 Å². The van der Waals surface area contributed by atoms with Crippen LogP contribution in [0.3, 0.4) is 0 Å². The molecule has 0 bridgehead atoms. The molecule has 0 radical (unpaired) electrons. The van der Waals surface area contributed by atoms with Gasteiger partial charge in [0.2, 0.25) is 0 Å². The van der Waals surface area contributed by atoms with Gasteiger partial charge in [0.05, 0.1) is 11.7 Å². The standard InChI is InChI=1S/C19H17F3N4O2S/c1-10-4-5-14(27)11(7-10)24-18(28)13-9-17-23-12(15-3-2-6-29-15)8-16(19(20,21)22)26(17)25-13/h2-7,9,12,16,23,27H,8H2,1H3,(H,24,28). The highest BCUT2D eigenvalue weighted by Gasteiger charge is 2.47. The van der Waals surface area contributed by atoms with Crippen molar-refractivity contribution in [3.05, 3.63) is 57.9 Å². The zero-order valence-electron chi connectivity index (χ0n) is 15.2. The predicted molar refractivity (Wildman–Crippen MR) is 103 cm³/mol. The quantitative estimate of drug-likeness (QED) is 0.526. The number of alkyl halides is 3. The van der Waals surface area contributed by atoms with Gasteiger partial charge in [0, 0.05) is 17.4 Å². The number of rotatable bonds is 3. The number of amides is 1. The summed E-state index contributed by atoms with van der Waals surface area (Å²) in [7, 11) is 0. The van der Waals surface area contributed by atoms with Gasteiger partial charge in [-0.05, 0) is 36.1 Å². The molecule has 2 atom stereocenters. The first kappa shape index (κ1) is 19.3. The number of fused-ring (bicyclic) bond motifs is 1. The number of benzene rings is 1. The summed E-state index contributed by atoms with van der Waals surface area (Å²) < 4.78 is 41.8. The zero-order chi connectivity index (χ0) is 20.8. The maximum Gasteiger partial charge on any atom is 0.410 e. The molecule has 4 rings (SSSR count). The fraction of sp³-hybridized carbons (Fsp3) is 0.263. The van der Waals surface area contributed by atoms with E-state index in [0.717, 1.165) is 15.1 Å². The molecular formula is C19H17F3N4O2S. The Morgan fingerprint density at radius 3 is 2.83 bits per heavy atom. The molecule has 0 fully saturated rings. The number of phenolic OH excluding ortho intramolecular Hbond substituents is 1. The highest BCUT2D eigenvalue weighted by atomic mass is 32.1. The maximum absolute atomic E-state index is 13.7. The molecule has 152 valence electrons. The molecule has 29 heavy (non-hydrogen) atoms. The Morgan fingerprint density at radius 1 is 1.34 bits per heavy atom. The van der Waals surface area contributed by atoms with E-state index in [9.17, 15) is 23.1 Å². The van der Waals surface area contributed by atoms with Crippen molar-refractivity contribution in [1.29, 1.82) is 0 Å². The van der Waals surface area contributed by atoms with Crippen LogP contribution < -0.4 is 10.6 Å². The van der Waals surface area contributed by atoms with Gasteiger partial charge in [0.15, 0.2) is 11.7 Å². The van der Waals surface area contributed by atoms with E-state index in [-0.39, 0.29) is 29.4 Å². The van der Waals surface area contributed by atoms with E-state index in [0.29, 0.717) is 0 Å². The van der Waals surface area contributed by atoms with Crippen LogP contribution in [0.5, 0.6) is 5.75 Å². The van der Waals surface area contributed by atoms with Crippen molar-refractivity contribution in [2.24, 2.45) is 0 Å². The number of carbonyl (C=O) groups is 1. The fourth-order valence-corrected chi connectivity index (χ4v) is 4.09. The van der Waals surface area contributed by atoms with E-state index < -0.39 is 24.2 Å². The van der Waals surface area contributed by atoms with Crippen LogP contribution in [0.2, 0.25) is 0 Å². The number of anilines is 2. The van der Waals surface area contributed by atoms with Crippen LogP contribution >= 0.6 is 11.3 Å². The molecule has 2 unspecified atom stereocenters. The second kappa shape index (κ2) is 7.11. The third-order valence-corrected chi connectivity index (χ3v) is 5.70. The Balaban J connectivity index is 1.65. The number of hydrogen-bond acceptors (Lipinski definition) is 5. The number of nitrogens with one attached hydrogen (secondary N) is 2. The maximum atomic E-state index is 13.7. The van der Waals surface area contributed by atoms with Crippen LogP contribution in [-0.2, 0) is 0 Å². The number of aromatic hydroxyl groups is 1. The lowest BCUT2D eigenvalue weighted by Gasteiger charge is -2.32. The number of nitrogens with zero attached hydrogens (tertiary/aromatic N) is 2. The van der Waals surface area contributed by atoms with E-state index in [2.05, 4.69) is 15.7 Å². The summed E-state index contributed by atoms with van der Waals surface area (Å²) in [6, 6.07) is 7.13. The summed E-state index contributed by atoms with van der Waals surface area (Å²) in [6.07, 6.45) is -4.74. The third kappa shape index (κ3) is 3.80. The van der Waals surface area contributed by atoms with Gasteiger partial charge in [-0.2, -0.15) is 18.3 Å². The highest BCUT2D eigenvalue weighted by Crippen LogP contribution is 2.44. The van der Waals surface area contributed by atoms with Gasteiger partial charge in [0.25, 0.3) is 5.91 Å². The number of aryl methyl sites for hydroxylation is 1. The summed E-state index contributed by atoms with van der Waals surface area (Å²) in [5, 5.41) is 21.1. The molecule has 3 N–H and O–H groups in total. The minimum atomic E-state index is -4.51. The van der Waals surface area contributed by atoms with Crippen molar-refractivity contribution in [3.63, 3.8) is 0 Å². The first-order valence-corrected chi connectivity index (χ1v) is 9.67. The van der Waals surface area contributed by atoms with E-state index in [1.165, 1.54) is 23.5 Å². The fourth-order valence-electron chi connectivity index (χ4n) is 3.30. The largest absolute Gasteiger partial charge is 0.506 e. The molecular weight excluding hydrogens is 405 g/mol. The zero-order valence-corrected chi connectivity index (χ0v) is 16.0. The van der Waals surface area contributed by atoms with Gasteiger partial charge in [-0.25, -0.2) is 4.68 Å². The Morgan fingerprint density at radius 2 is 2.14 bits per heavy atom. The van der Waals surface area contributed by atoms with Crippen molar-refractivity contribution in [2.75, 3.05) is 10.6 Å². The Labute approximate surface area is 168 Å². The molecule has 1 amide bonds. The van der Waals surface area contributed by atoms with Crippen LogP contribution in [0, 0.1) is 6.92 Å². The van der Waals surface area contributed by atoms with Gasteiger partial charge in [-0.3, -0.25) is 4.79 Å². The Bertz CT molecular complexity index is 1050. The smallest absolute Gasteiger partial charge is 0.410 e. The van der Waals surface area contributed by atoms with Crippen LogP contribution in [-0.4, -0.2) is 27.0 Å². The average Bonchev–Trinajstić information content (AvgIpc) is 3.32. The molecule has 3 heterocycles. The number of phenols is 1. The van der Waals surface area contributed by atoms with Gasteiger partial charge in [-0.1, -0.05) is 12.1 Å². The SMILES string of the molecule is Cc1ccc(O)c(NC(=O)c2cc3n(n2)C(C(F)(F)F)CC(c2cccs2)N3)c1. The number of carbonyl (C=O) groups excluding carboxylic acids is 1. The number of aromatic nitrogens is 2. The summed E-state index contributed by atoms with van der Waals surface area (Å²) in [5.41, 5.74) is 0.798. The number of halogens is 3. The monoisotopic (exact) mass is 422 g/mol. The second-order valence-electron chi connectivity index (χ2n) is 6.84. The molecule has 0 saturated heterocycles. The molecule has 6 nitrogen and oxygen atoms in total. The first-order valence-electron chi connectivity index (χ1n) is 8.79.